The van der Waals surface area contributed by atoms with Crippen LogP contribution in [0.1, 0.15) is 50.1 Å². The van der Waals surface area contributed by atoms with Crippen LogP contribution in [0.3, 0.4) is 0 Å². The van der Waals surface area contributed by atoms with Crippen molar-refractivity contribution in [3.05, 3.63) is 28.3 Å². The summed E-state index contributed by atoms with van der Waals surface area (Å²) in [6, 6.07) is 4.48. The van der Waals surface area contributed by atoms with Gasteiger partial charge in [0.1, 0.15) is 11.2 Å². The fraction of sp³-hybridized carbons (Fsp3) is 0.458. The number of alkyl halides is 2. The van der Waals surface area contributed by atoms with E-state index in [2.05, 4.69) is 20.0 Å². The molecule has 1 aromatic carbocycles. The zero-order valence-electron chi connectivity index (χ0n) is 22.5. The number of fused-ring (bicyclic) bond motifs is 1. The number of nitrogens with zero attached hydrogens (tertiary/aromatic N) is 6. The third-order valence-electron chi connectivity index (χ3n) is 7.19. The maximum Gasteiger partial charge on any atom is 0.333 e. The predicted octanol–water partition coefficient (Wildman–Crippen LogP) is 2.65. The van der Waals surface area contributed by atoms with Gasteiger partial charge in [0.25, 0.3) is 6.43 Å². The number of hydrogen-bond acceptors (Lipinski definition) is 10. The summed E-state index contributed by atoms with van der Waals surface area (Å²) >= 11 is 0.576. The Morgan fingerprint density at radius 2 is 1.90 bits per heavy atom. The van der Waals surface area contributed by atoms with E-state index in [-0.39, 0.29) is 56.2 Å². The van der Waals surface area contributed by atoms with Crippen LogP contribution < -0.4 is 4.72 Å². The second kappa shape index (κ2) is 10.4. The summed E-state index contributed by atoms with van der Waals surface area (Å²) in [5.41, 5.74) is -0.820. The van der Waals surface area contributed by atoms with Gasteiger partial charge in [-0.05, 0) is 50.8 Å². The van der Waals surface area contributed by atoms with E-state index < -0.39 is 54.8 Å². The molecule has 0 spiro atoms. The number of halogens is 2. The quantitative estimate of drug-likeness (QED) is 0.352. The van der Waals surface area contributed by atoms with Crippen molar-refractivity contribution >= 4 is 53.8 Å². The molecule has 0 radical (unpaired) electrons. The molecule has 1 aliphatic carbocycles. The molecule has 42 heavy (non-hydrogen) atoms. The summed E-state index contributed by atoms with van der Waals surface area (Å²) in [7, 11) is -6.62. The largest absolute Gasteiger partial charge is 0.478 e. The molecule has 3 heterocycles. The van der Waals surface area contributed by atoms with E-state index in [4.69, 9.17) is 0 Å². The molecule has 1 fully saturated rings. The monoisotopic (exact) mass is 641 g/mol. The van der Waals surface area contributed by atoms with Crippen LogP contribution in [-0.4, -0.2) is 76.1 Å². The van der Waals surface area contributed by atoms with E-state index >= 15 is 0 Å². The van der Waals surface area contributed by atoms with Gasteiger partial charge in [-0.25, -0.2) is 30.4 Å². The number of carbonyl (C=O) groups is 1. The van der Waals surface area contributed by atoms with Gasteiger partial charge >= 0.3 is 5.97 Å². The number of benzene rings is 1. The van der Waals surface area contributed by atoms with Gasteiger partial charge in [-0.15, -0.1) is 10.2 Å². The van der Waals surface area contributed by atoms with Gasteiger partial charge in [-0.1, -0.05) is 11.3 Å². The van der Waals surface area contributed by atoms with Crippen molar-refractivity contribution in [1.82, 2.24) is 29.0 Å². The summed E-state index contributed by atoms with van der Waals surface area (Å²) in [6.45, 7) is 2.47. The van der Waals surface area contributed by atoms with Crippen molar-refractivity contribution in [2.45, 2.75) is 55.2 Å². The van der Waals surface area contributed by atoms with Gasteiger partial charge in [-0.2, -0.15) is 19.4 Å². The molecule has 0 saturated heterocycles. The van der Waals surface area contributed by atoms with Gasteiger partial charge in [0.15, 0.2) is 10.0 Å². The highest BCUT2D eigenvalue weighted by atomic mass is 32.2. The lowest BCUT2D eigenvalue weighted by atomic mass is 9.92. The Bertz CT molecular complexity index is 1910. The lowest BCUT2D eigenvalue weighted by Gasteiger charge is -2.30. The second-order valence-corrected chi connectivity index (χ2v) is 15.5. The molecule has 5 rings (SSSR count). The van der Waals surface area contributed by atoms with Gasteiger partial charge in [-0.3, -0.25) is 4.68 Å². The van der Waals surface area contributed by atoms with Crippen molar-refractivity contribution in [3.8, 4) is 16.8 Å². The van der Waals surface area contributed by atoms with Crippen LogP contribution in [0.25, 0.3) is 27.2 Å². The molecule has 2 aliphatic rings. The molecule has 0 unspecified atom stereocenters. The van der Waals surface area contributed by atoms with Crippen LogP contribution in [0.2, 0.25) is 0 Å². The summed E-state index contributed by atoms with van der Waals surface area (Å²) in [6.07, 6.45) is -2.33. The molecule has 3 aromatic rings. The molecule has 1 aliphatic heterocycles. The maximum absolute atomic E-state index is 13.5. The summed E-state index contributed by atoms with van der Waals surface area (Å²) in [5.74, 6) is -1.39. The first-order chi connectivity index (χ1) is 19.6. The SMILES string of the molecule is CC(C)S(=O)(=O)N1CCC(c2cc(S(=O)(=O)NC3(C#N)CC3)cc3c(-c4nnc(C(F)F)s4)nn(C)c23)=C(C(=O)O)C1. The summed E-state index contributed by atoms with van der Waals surface area (Å²) < 4.78 is 84.1. The average molecular weight is 642 g/mol. The highest BCUT2D eigenvalue weighted by Gasteiger charge is 2.47. The van der Waals surface area contributed by atoms with E-state index in [1.54, 1.807) is 0 Å². The maximum atomic E-state index is 13.5. The molecule has 18 heteroatoms. The number of aryl methyl sites for hydroxylation is 1. The molecular weight excluding hydrogens is 617 g/mol. The first-order valence-electron chi connectivity index (χ1n) is 12.6. The zero-order chi connectivity index (χ0) is 30.8. The number of carboxylic acids is 1. The Kier molecular flexibility index (Phi) is 7.46. The van der Waals surface area contributed by atoms with Crippen molar-refractivity contribution in [1.29, 1.82) is 5.26 Å². The summed E-state index contributed by atoms with van der Waals surface area (Å²) in [4.78, 5) is 12.1. The fourth-order valence-electron chi connectivity index (χ4n) is 4.78. The Balaban J connectivity index is 1.77. The topological polar surface area (TPSA) is 188 Å². The zero-order valence-corrected chi connectivity index (χ0v) is 24.9. The van der Waals surface area contributed by atoms with Crippen LogP contribution >= 0.6 is 11.3 Å². The minimum atomic E-state index is -4.34. The Labute approximate surface area is 243 Å². The second-order valence-electron chi connectivity index (χ2n) is 10.3. The van der Waals surface area contributed by atoms with Gasteiger partial charge in [0.2, 0.25) is 20.0 Å². The Morgan fingerprint density at radius 3 is 2.45 bits per heavy atom. The van der Waals surface area contributed by atoms with Crippen molar-refractivity contribution < 1.29 is 35.5 Å². The van der Waals surface area contributed by atoms with Crippen LogP contribution in [-0.2, 0) is 31.9 Å². The normalized spacial score (nSPS) is 17.8. The lowest BCUT2D eigenvalue weighted by Crippen LogP contribution is -2.42. The highest BCUT2D eigenvalue weighted by Crippen LogP contribution is 2.41. The van der Waals surface area contributed by atoms with Gasteiger partial charge < -0.3 is 5.11 Å². The third-order valence-corrected chi connectivity index (χ3v) is 11.9. The molecule has 2 N–H and O–H groups in total. The molecule has 1 saturated carbocycles. The van der Waals surface area contributed by atoms with E-state index in [0.717, 1.165) is 4.31 Å². The first kappa shape index (κ1) is 30.1. The van der Waals surface area contributed by atoms with Gasteiger partial charge in [0, 0.05) is 31.1 Å². The van der Waals surface area contributed by atoms with Crippen molar-refractivity contribution in [2.24, 2.45) is 7.05 Å². The Hall–Kier alpha value is -3.37. The van der Waals surface area contributed by atoms with Crippen LogP contribution in [0.15, 0.2) is 22.6 Å². The van der Waals surface area contributed by atoms with E-state index in [0.29, 0.717) is 24.2 Å². The van der Waals surface area contributed by atoms with E-state index in [1.165, 1.54) is 37.7 Å². The molecular formula is C24H25F2N7O6S3. The number of aliphatic carboxylic acids is 1. The van der Waals surface area contributed by atoms with Crippen LogP contribution in [0.4, 0.5) is 8.78 Å². The van der Waals surface area contributed by atoms with E-state index in [1.807, 2.05) is 6.07 Å². The predicted molar refractivity (Wildman–Crippen MR) is 147 cm³/mol. The number of sulfonamides is 2. The smallest absolute Gasteiger partial charge is 0.333 e. The molecule has 224 valence electrons. The van der Waals surface area contributed by atoms with Crippen LogP contribution in [0.5, 0.6) is 0 Å². The molecule has 2 aromatic heterocycles. The van der Waals surface area contributed by atoms with Crippen molar-refractivity contribution in [2.75, 3.05) is 13.1 Å². The highest BCUT2D eigenvalue weighted by molar-refractivity contribution is 7.90. The molecule has 0 atom stereocenters. The Morgan fingerprint density at radius 1 is 1.21 bits per heavy atom. The fourth-order valence-corrected chi connectivity index (χ4v) is 8.16. The number of nitriles is 1. The standard InChI is InChI=1S/C24H25F2N7O6S3/c1-12(2)42(38,39)33-7-4-14(17(10-33)23(34)35)15-8-13(41(36,37)31-24(11-27)5-6-24)9-16-18(30-32(3)19(15)16)21-28-29-22(40-21)20(25)26/h8-9,12,20,31H,4-7,10H2,1-3H3,(H,34,35). The van der Waals surface area contributed by atoms with Crippen molar-refractivity contribution in [3.63, 3.8) is 0 Å². The number of nitrogens with one attached hydrogen (secondary N) is 1. The van der Waals surface area contributed by atoms with E-state index in [9.17, 15) is 40.8 Å². The third kappa shape index (κ3) is 5.19. The average Bonchev–Trinajstić information content (AvgIpc) is 3.35. The number of aromatic nitrogens is 4. The summed E-state index contributed by atoms with van der Waals surface area (Å²) in [5, 5.41) is 30.1. The number of carboxylic acid groups (broad SMARTS) is 1. The van der Waals surface area contributed by atoms with Gasteiger partial charge in [0.05, 0.1) is 27.3 Å². The lowest BCUT2D eigenvalue weighted by molar-refractivity contribution is -0.132. The molecule has 0 amide bonds. The minimum Gasteiger partial charge on any atom is -0.478 e. The van der Waals surface area contributed by atoms with Crippen LogP contribution in [0, 0.1) is 11.3 Å². The molecule has 0 bridgehead atoms. The minimum absolute atomic E-state index is 0.00895. The first-order valence-corrected chi connectivity index (χ1v) is 16.4. The number of hydrogen-bond donors (Lipinski definition) is 2. The number of rotatable bonds is 9. The molecule has 13 nitrogen and oxygen atoms in total.